The van der Waals surface area contributed by atoms with Gasteiger partial charge >= 0.3 is 0 Å². The first-order valence-corrected chi connectivity index (χ1v) is 4.91. The van der Waals surface area contributed by atoms with Gasteiger partial charge in [-0.25, -0.2) is 0 Å². The fraction of sp³-hybridized carbons (Fsp3) is 0.231. The summed E-state index contributed by atoms with van der Waals surface area (Å²) in [5.74, 6) is 1.23. The van der Waals surface area contributed by atoms with Gasteiger partial charge in [0.25, 0.3) is 0 Å². The van der Waals surface area contributed by atoms with Crippen molar-refractivity contribution in [2.45, 2.75) is 6.92 Å². The highest BCUT2D eigenvalue weighted by Gasteiger charge is 2.10. The van der Waals surface area contributed by atoms with Crippen LogP contribution in [0.2, 0.25) is 0 Å². The third-order valence-corrected chi connectivity index (χ3v) is 2.41. The Balaban J connectivity index is 3.39. The third-order valence-electron chi connectivity index (χ3n) is 2.41. The number of methoxy groups -OCH3 is 2. The molecule has 4 heteroatoms. The van der Waals surface area contributed by atoms with E-state index in [4.69, 9.17) is 20.0 Å². The minimum atomic E-state index is 0.0773. The zero-order valence-corrected chi connectivity index (χ0v) is 9.94. The van der Waals surface area contributed by atoms with Crippen LogP contribution in [0.1, 0.15) is 12.5 Å². The van der Waals surface area contributed by atoms with Crippen molar-refractivity contribution < 1.29 is 9.47 Å². The van der Waals surface area contributed by atoms with Crippen molar-refractivity contribution >= 4 is 5.57 Å². The molecule has 0 bridgehead atoms. The van der Waals surface area contributed by atoms with Gasteiger partial charge in [0.2, 0.25) is 0 Å². The minimum absolute atomic E-state index is 0.0773. The number of hydrogen-bond acceptors (Lipinski definition) is 4. The SMILES string of the molecule is COc1ccc(C(C)=C(C#N)C#N)c(OC)c1. The molecule has 0 amide bonds. The second-order valence-electron chi connectivity index (χ2n) is 3.29. The largest absolute Gasteiger partial charge is 0.497 e. The molecule has 0 heterocycles. The summed E-state index contributed by atoms with van der Waals surface area (Å²) in [6, 6.07) is 8.96. The number of hydrogen-bond donors (Lipinski definition) is 0. The van der Waals surface area contributed by atoms with Gasteiger partial charge in [-0.3, -0.25) is 0 Å². The second-order valence-corrected chi connectivity index (χ2v) is 3.29. The van der Waals surface area contributed by atoms with E-state index in [1.54, 1.807) is 32.2 Å². The quantitative estimate of drug-likeness (QED) is 0.745. The molecule has 0 N–H and O–H groups in total. The highest BCUT2D eigenvalue weighted by Crippen LogP contribution is 2.31. The Morgan fingerprint density at radius 2 is 1.76 bits per heavy atom. The molecular weight excluding hydrogens is 216 g/mol. The zero-order valence-electron chi connectivity index (χ0n) is 9.94. The maximum atomic E-state index is 8.83. The van der Waals surface area contributed by atoms with Crippen LogP contribution >= 0.6 is 0 Å². The highest BCUT2D eigenvalue weighted by atomic mass is 16.5. The van der Waals surface area contributed by atoms with Gasteiger partial charge in [0.05, 0.1) is 14.2 Å². The molecule has 86 valence electrons. The highest BCUT2D eigenvalue weighted by molar-refractivity contribution is 5.77. The lowest BCUT2D eigenvalue weighted by Crippen LogP contribution is -1.93. The molecule has 0 saturated carbocycles. The predicted octanol–water partition coefficient (Wildman–Crippen LogP) is 2.52. The number of benzene rings is 1. The molecule has 17 heavy (non-hydrogen) atoms. The number of ether oxygens (including phenoxy) is 2. The van der Waals surface area contributed by atoms with Crippen LogP contribution in [0.15, 0.2) is 23.8 Å². The molecule has 0 aromatic heterocycles. The number of rotatable bonds is 3. The van der Waals surface area contributed by atoms with Crippen LogP contribution in [0, 0.1) is 22.7 Å². The average Bonchev–Trinajstić information content (AvgIpc) is 2.39. The molecule has 0 radical (unpaired) electrons. The molecular formula is C13H12N2O2. The normalized spacial score (nSPS) is 8.76. The first-order chi connectivity index (χ1) is 8.17. The molecule has 4 nitrogen and oxygen atoms in total. The van der Waals surface area contributed by atoms with Gasteiger partial charge in [0.15, 0.2) is 0 Å². The Labute approximate surface area is 100 Å². The van der Waals surface area contributed by atoms with Crippen molar-refractivity contribution in [2.75, 3.05) is 14.2 Å². The van der Waals surface area contributed by atoms with Gasteiger partial charge in [-0.05, 0) is 24.6 Å². The third kappa shape index (κ3) is 2.56. The van der Waals surface area contributed by atoms with E-state index in [1.807, 2.05) is 12.1 Å². The van der Waals surface area contributed by atoms with E-state index in [0.29, 0.717) is 22.6 Å². The average molecular weight is 228 g/mol. The fourth-order valence-corrected chi connectivity index (χ4v) is 1.44. The van der Waals surface area contributed by atoms with E-state index in [2.05, 4.69) is 0 Å². The molecule has 0 atom stereocenters. The van der Waals surface area contributed by atoms with E-state index in [1.165, 1.54) is 7.11 Å². The maximum Gasteiger partial charge on any atom is 0.133 e. The molecule has 1 aromatic carbocycles. The van der Waals surface area contributed by atoms with Crippen LogP contribution in [0.4, 0.5) is 0 Å². The Morgan fingerprint density at radius 1 is 1.12 bits per heavy atom. The van der Waals surface area contributed by atoms with E-state index >= 15 is 0 Å². The molecule has 0 aliphatic rings. The lowest BCUT2D eigenvalue weighted by molar-refractivity contribution is 0.393. The van der Waals surface area contributed by atoms with Gasteiger partial charge in [-0.2, -0.15) is 10.5 Å². The first-order valence-electron chi connectivity index (χ1n) is 4.91. The molecule has 0 saturated heterocycles. The molecule has 0 aliphatic carbocycles. The van der Waals surface area contributed by atoms with E-state index in [-0.39, 0.29) is 5.57 Å². The molecule has 0 unspecified atom stereocenters. The van der Waals surface area contributed by atoms with Crippen LogP contribution in [0.3, 0.4) is 0 Å². The molecule has 1 aromatic rings. The topological polar surface area (TPSA) is 66.0 Å². The predicted molar refractivity (Wildman–Crippen MR) is 63.4 cm³/mol. The van der Waals surface area contributed by atoms with Gasteiger partial charge in [0, 0.05) is 11.6 Å². The van der Waals surface area contributed by atoms with E-state index in [9.17, 15) is 0 Å². The Hall–Kier alpha value is -2.46. The summed E-state index contributed by atoms with van der Waals surface area (Å²) in [6.45, 7) is 1.71. The van der Waals surface area contributed by atoms with Crippen LogP contribution in [0.5, 0.6) is 11.5 Å². The summed E-state index contributed by atoms with van der Waals surface area (Å²) in [5, 5.41) is 17.7. The smallest absolute Gasteiger partial charge is 0.133 e. The van der Waals surface area contributed by atoms with Crippen molar-refractivity contribution in [1.82, 2.24) is 0 Å². The summed E-state index contributed by atoms with van der Waals surface area (Å²) >= 11 is 0. The van der Waals surface area contributed by atoms with Gasteiger partial charge < -0.3 is 9.47 Å². The van der Waals surface area contributed by atoms with E-state index < -0.39 is 0 Å². The lowest BCUT2D eigenvalue weighted by Gasteiger charge is -2.10. The van der Waals surface area contributed by atoms with Crippen LogP contribution in [-0.4, -0.2) is 14.2 Å². The lowest BCUT2D eigenvalue weighted by atomic mass is 10.0. The van der Waals surface area contributed by atoms with Crippen LogP contribution in [0.25, 0.3) is 5.57 Å². The summed E-state index contributed by atoms with van der Waals surface area (Å²) in [6.07, 6.45) is 0. The van der Waals surface area contributed by atoms with Crippen LogP contribution < -0.4 is 9.47 Å². The number of nitrogens with zero attached hydrogens (tertiary/aromatic N) is 2. The first kappa shape index (κ1) is 12.6. The van der Waals surface area contributed by atoms with Crippen LogP contribution in [-0.2, 0) is 0 Å². The molecule has 1 rings (SSSR count). The molecule has 0 spiro atoms. The summed E-state index contributed by atoms with van der Waals surface area (Å²) in [4.78, 5) is 0. The monoisotopic (exact) mass is 228 g/mol. The molecule has 0 fully saturated rings. The van der Waals surface area contributed by atoms with Crippen molar-refractivity contribution in [3.63, 3.8) is 0 Å². The zero-order chi connectivity index (χ0) is 12.8. The van der Waals surface area contributed by atoms with Crippen molar-refractivity contribution in [1.29, 1.82) is 10.5 Å². The fourth-order valence-electron chi connectivity index (χ4n) is 1.44. The van der Waals surface area contributed by atoms with Crippen molar-refractivity contribution in [3.8, 4) is 23.6 Å². The van der Waals surface area contributed by atoms with Crippen molar-refractivity contribution in [2.24, 2.45) is 0 Å². The summed E-state index contributed by atoms with van der Waals surface area (Å²) in [7, 11) is 3.09. The minimum Gasteiger partial charge on any atom is -0.497 e. The van der Waals surface area contributed by atoms with Gasteiger partial charge in [-0.1, -0.05) is 0 Å². The molecule has 0 aliphatic heterocycles. The summed E-state index contributed by atoms with van der Waals surface area (Å²) < 4.78 is 10.3. The van der Waals surface area contributed by atoms with Gasteiger partial charge in [0.1, 0.15) is 29.2 Å². The van der Waals surface area contributed by atoms with E-state index in [0.717, 1.165) is 0 Å². The standard InChI is InChI=1S/C13H12N2O2/c1-9(10(7-14)8-15)12-5-4-11(16-2)6-13(12)17-3/h4-6H,1-3H3. The number of allylic oxidation sites excluding steroid dienone is 2. The Morgan fingerprint density at radius 3 is 2.24 bits per heavy atom. The number of nitriles is 2. The Kier molecular flexibility index (Phi) is 4.14. The van der Waals surface area contributed by atoms with Crippen molar-refractivity contribution in [3.05, 3.63) is 29.3 Å². The second kappa shape index (κ2) is 5.58. The Bertz CT molecular complexity index is 517. The maximum absolute atomic E-state index is 8.83. The summed E-state index contributed by atoms with van der Waals surface area (Å²) in [5.41, 5.74) is 1.38. The van der Waals surface area contributed by atoms with Gasteiger partial charge in [-0.15, -0.1) is 0 Å².